The van der Waals surface area contributed by atoms with E-state index < -0.39 is 6.04 Å². The molecule has 0 saturated carbocycles. The van der Waals surface area contributed by atoms with Crippen molar-refractivity contribution < 1.29 is 19.1 Å². The van der Waals surface area contributed by atoms with Gasteiger partial charge < -0.3 is 19.7 Å². The van der Waals surface area contributed by atoms with E-state index in [-0.39, 0.29) is 31.1 Å². The van der Waals surface area contributed by atoms with E-state index in [0.717, 1.165) is 0 Å². The van der Waals surface area contributed by atoms with E-state index in [4.69, 9.17) is 21.1 Å². The fourth-order valence-corrected chi connectivity index (χ4v) is 2.51. The van der Waals surface area contributed by atoms with Crippen LogP contribution < -0.4 is 10.1 Å². The Morgan fingerprint density at radius 3 is 2.95 bits per heavy atom. The fourth-order valence-electron chi connectivity index (χ4n) is 2.33. The molecule has 7 heteroatoms. The molecule has 1 aromatic rings. The van der Waals surface area contributed by atoms with E-state index in [1.165, 1.54) is 12.0 Å². The van der Waals surface area contributed by atoms with E-state index in [2.05, 4.69) is 5.32 Å². The summed E-state index contributed by atoms with van der Waals surface area (Å²) in [5, 5.41) is 3.34. The van der Waals surface area contributed by atoms with Crippen LogP contribution in [0.1, 0.15) is 6.92 Å². The maximum absolute atomic E-state index is 12.4. The van der Waals surface area contributed by atoms with Gasteiger partial charge in [-0.05, 0) is 25.1 Å². The molecule has 1 aliphatic rings. The van der Waals surface area contributed by atoms with Gasteiger partial charge in [0.25, 0.3) is 5.91 Å². The van der Waals surface area contributed by atoms with Crippen molar-refractivity contribution in [1.82, 2.24) is 10.2 Å². The molecule has 0 radical (unpaired) electrons. The third kappa shape index (κ3) is 4.11. The average molecular weight is 327 g/mol. The summed E-state index contributed by atoms with van der Waals surface area (Å²) in [6.07, 6.45) is 0. The van der Waals surface area contributed by atoms with E-state index in [0.29, 0.717) is 17.3 Å². The number of nitrogens with zero attached hydrogens (tertiary/aromatic N) is 1. The Bertz CT molecular complexity index is 552. The molecule has 1 saturated heterocycles. The number of methoxy groups -OCH3 is 1. The number of hydrogen-bond donors (Lipinski definition) is 1. The molecule has 1 heterocycles. The van der Waals surface area contributed by atoms with Gasteiger partial charge in [0.15, 0.2) is 6.61 Å². The van der Waals surface area contributed by atoms with Gasteiger partial charge in [0.1, 0.15) is 11.8 Å². The average Bonchev–Trinajstić information content (AvgIpc) is 2.47. The second-order valence-corrected chi connectivity index (χ2v) is 5.61. The number of halogens is 1. The Balaban J connectivity index is 2.00. The highest BCUT2D eigenvalue weighted by atomic mass is 35.5. The first-order valence-electron chi connectivity index (χ1n) is 6.98. The summed E-state index contributed by atoms with van der Waals surface area (Å²) in [6.45, 7) is 2.28. The van der Waals surface area contributed by atoms with Crippen molar-refractivity contribution in [3.8, 4) is 5.75 Å². The molecule has 1 aromatic carbocycles. The van der Waals surface area contributed by atoms with Crippen LogP contribution in [0.2, 0.25) is 5.02 Å². The zero-order valence-corrected chi connectivity index (χ0v) is 13.3. The third-order valence-corrected chi connectivity index (χ3v) is 3.58. The zero-order chi connectivity index (χ0) is 16.1. The van der Waals surface area contributed by atoms with Crippen LogP contribution in [0.15, 0.2) is 24.3 Å². The second-order valence-electron chi connectivity index (χ2n) is 5.17. The summed E-state index contributed by atoms with van der Waals surface area (Å²) in [5.74, 6) is 0.0408. The molecule has 120 valence electrons. The second kappa shape index (κ2) is 7.47. The van der Waals surface area contributed by atoms with Gasteiger partial charge in [0, 0.05) is 24.7 Å². The number of benzene rings is 1. The van der Waals surface area contributed by atoms with Crippen molar-refractivity contribution in [2.75, 3.05) is 26.9 Å². The summed E-state index contributed by atoms with van der Waals surface area (Å²) in [5.41, 5.74) is 0. The summed E-state index contributed by atoms with van der Waals surface area (Å²) in [4.78, 5) is 25.8. The largest absolute Gasteiger partial charge is 0.484 e. The van der Waals surface area contributed by atoms with Gasteiger partial charge >= 0.3 is 0 Å². The Hall–Kier alpha value is -1.79. The monoisotopic (exact) mass is 326 g/mol. The van der Waals surface area contributed by atoms with Crippen molar-refractivity contribution in [3.63, 3.8) is 0 Å². The van der Waals surface area contributed by atoms with Gasteiger partial charge in [-0.2, -0.15) is 0 Å². The Kier molecular flexibility index (Phi) is 5.63. The minimum Gasteiger partial charge on any atom is -0.484 e. The van der Waals surface area contributed by atoms with Gasteiger partial charge in [-0.3, -0.25) is 9.59 Å². The minimum atomic E-state index is -0.628. The Morgan fingerprint density at radius 1 is 1.50 bits per heavy atom. The molecule has 0 aliphatic carbocycles. The van der Waals surface area contributed by atoms with E-state index in [1.807, 2.05) is 6.92 Å². The lowest BCUT2D eigenvalue weighted by Gasteiger charge is -2.37. The molecule has 6 nitrogen and oxygen atoms in total. The number of ether oxygens (including phenoxy) is 2. The van der Waals surface area contributed by atoms with Crippen molar-refractivity contribution in [2.45, 2.75) is 19.0 Å². The molecule has 0 aromatic heterocycles. The van der Waals surface area contributed by atoms with Gasteiger partial charge in [-0.1, -0.05) is 17.7 Å². The van der Waals surface area contributed by atoms with Gasteiger partial charge in [0.2, 0.25) is 5.91 Å². The number of rotatable bonds is 5. The zero-order valence-electron chi connectivity index (χ0n) is 12.5. The minimum absolute atomic E-state index is 0.101. The van der Waals surface area contributed by atoms with Crippen LogP contribution >= 0.6 is 11.6 Å². The lowest BCUT2D eigenvalue weighted by Crippen LogP contribution is -2.62. The molecule has 0 spiro atoms. The molecule has 0 bridgehead atoms. The summed E-state index contributed by atoms with van der Waals surface area (Å²) in [7, 11) is 1.50. The molecule has 1 unspecified atom stereocenters. The first-order valence-corrected chi connectivity index (χ1v) is 7.36. The maximum atomic E-state index is 12.4. The van der Waals surface area contributed by atoms with Crippen LogP contribution in [-0.2, 0) is 14.3 Å². The maximum Gasteiger partial charge on any atom is 0.261 e. The third-order valence-electron chi connectivity index (χ3n) is 3.34. The molecule has 2 amide bonds. The number of nitrogens with one attached hydrogen (secondary N) is 1. The van der Waals surface area contributed by atoms with Crippen LogP contribution in [0.3, 0.4) is 0 Å². The molecule has 1 fully saturated rings. The smallest absolute Gasteiger partial charge is 0.261 e. The highest BCUT2D eigenvalue weighted by molar-refractivity contribution is 6.30. The normalized spacial score (nSPS) is 21.4. The van der Waals surface area contributed by atoms with Crippen LogP contribution in [0.4, 0.5) is 0 Å². The highest BCUT2D eigenvalue weighted by Gasteiger charge is 2.35. The Morgan fingerprint density at radius 2 is 2.27 bits per heavy atom. The summed E-state index contributed by atoms with van der Waals surface area (Å²) >= 11 is 5.87. The Labute approximate surface area is 134 Å². The van der Waals surface area contributed by atoms with Crippen molar-refractivity contribution in [3.05, 3.63) is 29.3 Å². The van der Waals surface area contributed by atoms with Crippen LogP contribution in [0.25, 0.3) is 0 Å². The predicted octanol–water partition coefficient (Wildman–Crippen LogP) is 1.08. The first-order chi connectivity index (χ1) is 10.5. The van der Waals surface area contributed by atoms with Gasteiger partial charge in [-0.25, -0.2) is 0 Å². The molecule has 1 aliphatic heterocycles. The number of hydrogen-bond acceptors (Lipinski definition) is 4. The topological polar surface area (TPSA) is 67.9 Å². The lowest BCUT2D eigenvalue weighted by molar-refractivity contribution is -0.148. The first kappa shape index (κ1) is 16.6. The standard InChI is InChI=1S/C15H19ClN2O4/c1-10-7-18(13(8-21-2)15(20)17-10)14(19)9-22-12-5-3-4-11(16)6-12/h3-6,10,13H,7-9H2,1-2H3,(H,17,20)/t10?,13-/m0/s1. The SMILES string of the molecule is COC[C@H]1C(=O)NC(C)CN1C(=O)COc1cccc(Cl)c1. The van der Waals surface area contributed by atoms with E-state index in [9.17, 15) is 9.59 Å². The molecule has 1 N–H and O–H groups in total. The van der Waals surface area contributed by atoms with E-state index in [1.54, 1.807) is 24.3 Å². The molecular formula is C15H19ClN2O4. The van der Waals surface area contributed by atoms with Crippen LogP contribution in [0, 0.1) is 0 Å². The number of carbonyl (C=O) groups excluding carboxylic acids is 2. The predicted molar refractivity (Wildman–Crippen MR) is 81.9 cm³/mol. The molecule has 2 atom stereocenters. The molecular weight excluding hydrogens is 308 g/mol. The highest BCUT2D eigenvalue weighted by Crippen LogP contribution is 2.17. The number of amides is 2. The molecule has 22 heavy (non-hydrogen) atoms. The fraction of sp³-hybridized carbons (Fsp3) is 0.467. The number of piperazine rings is 1. The van der Waals surface area contributed by atoms with Crippen molar-refractivity contribution >= 4 is 23.4 Å². The lowest BCUT2D eigenvalue weighted by atomic mass is 10.1. The van der Waals surface area contributed by atoms with Gasteiger partial charge in [-0.15, -0.1) is 0 Å². The van der Waals surface area contributed by atoms with Crippen LogP contribution in [0.5, 0.6) is 5.75 Å². The van der Waals surface area contributed by atoms with Crippen LogP contribution in [-0.4, -0.2) is 55.7 Å². The summed E-state index contributed by atoms with van der Waals surface area (Å²) < 4.78 is 10.5. The van der Waals surface area contributed by atoms with E-state index >= 15 is 0 Å². The number of carbonyl (C=O) groups is 2. The summed E-state index contributed by atoms with van der Waals surface area (Å²) in [6, 6.07) is 6.09. The quantitative estimate of drug-likeness (QED) is 0.879. The van der Waals surface area contributed by atoms with Gasteiger partial charge in [0.05, 0.1) is 6.61 Å². The molecule has 2 rings (SSSR count). The van der Waals surface area contributed by atoms with Crippen molar-refractivity contribution in [1.29, 1.82) is 0 Å². The van der Waals surface area contributed by atoms with Crippen molar-refractivity contribution in [2.24, 2.45) is 0 Å².